The smallest absolute Gasteiger partial charge is 0.263 e. The predicted octanol–water partition coefficient (Wildman–Crippen LogP) is 2.85. The average molecular weight is 412 g/mol. The summed E-state index contributed by atoms with van der Waals surface area (Å²) in [4.78, 5) is 32.0. The van der Waals surface area contributed by atoms with E-state index in [1.165, 1.54) is 10.9 Å². The summed E-state index contributed by atoms with van der Waals surface area (Å²) < 4.78 is 2.95. The highest BCUT2D eigenvalue weighted by molar-refractivity contribution is 6.30. The number of aromatic nitrogens is 6. The van der Waals surface area contributed by atoms with Gasteiger partial charge in [0.2, 0.25) is 11.9 Å². The van der Waals surface area contributed by atoms with E-state index in [4.69, 9.17) is 11.6 Å². The fraction of sp³-hybridized carbons (Fsp3) is 0.211. The zero-order chi connectivity index (χ0) is 20.7. The Morgan fingerprint density at radius 2 is 1.93 bits per heavy atom. The lowest BCUT2D eigenvalue weighted by atomic mass is 10.2. The van der Waals surface area contributed by atoms with Crippen molar-refractivity contribution in [2.24, 2.45) is 5.92 Å². The fourth-order valence-electron chi connectivity index (χ4n) is 2.80. The molecule has 9 nitrogen and oxygen atoms in total. The van der Waals surface area contributed by atoms with Crippen molar-refractivity contribution in [1.29, 1.82) is 0 Å². The van der Waals surface area contributed by atoms with Crippen molar-refractivity contribution < 1.29 is 4.79 Å². The Bertz CT molecular complexity index is 1270. The highest BCUT2D eigenvalue weighted by Gasteiger charge is 2.17. The second-order valence-electron chi connectivity index (χ2n) is 6.89. The summed E-state index contributed by atoms with van der Waals surface area (Å²) in [5.74, 6) is 0.215. The third kappa shape index (κ3) is 3.52. The third-order valence-electron chi connectivity index (χ3n) is 4.30. The number of halogens is 1. The molecule has 0 spiro atoms. The summed E-state index contributed by atoms with van der Waals surface area (Å²) in [6.07, 6.45) is 1.45. The molecule has 3 aromatic heterocycles. The molecular formula is C19H18ClN7O2. The number of benzene rings is 1. The molecule has 0 bridgehead atoms. The monoisotopic (exact) mass is 411 g/mol. The van der Waals surface area contributed by atoms with Crippen molar-refractivity contribution in [3.05, 3.63) is 57.6 Å². The van der Waals surface area contributed by atoms with E-state index in [9.17, 15) is 9.59 Å². The largest absolute Gasteiger partial charge is 0.310 e. The van der Waals surface area contributed by atoms with Gasteiger partial charge in [0, 0.05) is 17.0 Å². The van der Waals surface area contributed by atoms with Crippen LogP contribution in [0.1, 0.15) is 19.5 Å². The molecule has 4 aromatic rings. The molecule has 0 fully saturated rings. The van der Waals surface area contributed by atoms with Gasteiger partial charge in [-0.1, -0.05) is 25.4 Å². The number of H-pyrrole nitrogens is 1. The number of aromatic amines is 1. The second-order valence-corrected chi connectivity index (χ2v) is 7.32. The normalized spacial score (nSPS) is 11.3. The second kappa shape index (κ2) is 7.17. The summed E-state index contributed by atoms with van der Waals surface area (Å²) in [6, 6.07) is 8.73. The molecule has 0 saturated heterocycles. The first-order valence-corrected chi connectivity index (χ1v) is 9.33. The van der Waals surface area contributed by atoms with E-state index in [-0.39, 0.29) is 23.3 Å². The summed E-state index contributed by atoms with van der Waals surface area (Å²) >= 11 is 5.96. The van der Waals surface area contributed by atoms with Gasteiger partial charge in [-0.05, 0) is 31.2 Å². The summed E-state index contributed by atoms with van der Waals surface area (Å²) in [5, 5.41) is 12.4. The molecule has 0 aliphatic rings. The van der Waals surface area contributed by atoms with Crippen LogP contribution in [0.5, 0.6) is 0 Å². The summed E-state index contributed by atoms with van der Waals surface area (Å²) in [6.45, 7) is 5.37. The Kier molecular flexibility index (Phi) is 4.67. The van der Waals surface area contributed by atoms with E-state index < -0.39 is 0 Å². The minimum atomic E-state index is -0.362. The van der Waals surface area contributed by atoms with E-state index >= 15 is 0 Å². The molecule has 148 valence electrons. The number of fused-ring (bicyclic) bond motifs is 1. The van der Waals surface area contributed by atoms with E-state index in [0.29, 0.717) is 33.3 Å². The average Bonchev–Trinajstić information content (AvgIpc) is 3.26. The first-order chi connectivity index (χ1) is 13.8. The van der Waals surface area contributed by atoms with Gasteiger partial charge in [0.25, 0.3) is 5.56 Å². The van der Waals surface area contributed by atoms with Crippen LogP contribution in [-0.4, -0.2) is 35.4 Å². The number of rotatable bonds is 4. The number of hydrogen-bond donors (Lipinski definition) is 2. The van der Waals surface area contributed by atoms with E-state index in [1.54, 1.807) is 55.8 Å². The minimum absolute atomic E-state index is 0.166. The van der Waals surface area contributed by atoms with Crippen molar-refractivity contribution in [2.75, 3.05) is 5.32 Å². The lowest BCUT2D eigenvalue weighted by Gasteiger charge is -2.10. The maximum Gasteiger partial charge on any atom is 0.263 e. The van der Waals surface area contributed by atoms with Gasteiger partial charge in [0.15, 0.2) is 5.65 Å². The molecule has 0 saturated carbocycles. The molecule has 2 N–H and O–H groups in total. The molecule has 3 heterocycles. The van der Waals surface area contributed by atoms with Crippen LogP contribution in [-0.2, 0) is 4.79 Å². The first-order valence-electron chi connectivity index (χ1n) is 8.95. The van der Waals surface area contributed by atoms with Crippen LogP contribution in [0.4, 0.5) is 5.82 Å². The topological polar surface area (TPSA) is 110 Å². The zero-order valence-electron chi connectivity index (χ0n) is 16.0. The number of nitrogens with one attached hydrogen (secondary N) is 2. The number of nitrogens with zero attached hydrogens (tertiary/aromatic N) is 5. The van der Waals surface area contributed by atoms with Crippen molar-refractivity contribution in [2.45, 2.75) is 20.8 Å². The lowest BCUT2D eigenvalue weighted by Crippen LogP contribution is -2.21. The maximum atomic E-state index is 12.6. The molecule has 0 aliphatic carbocycles. The number of carbonyl (C=O) groups excluding carboxylic acids is 1. The molecule has 10 heteroatoms. The van der Waals surface area contributed by atoms with E-state index in [2.05, 4.69) is 25.5 Å². The molecule has 4 rings (SSSR count). The Labute approximate surface area is 170 Å². The highest BCUT2D eigenvalue weighted by atomic mass is 35.5. The number of hydrogen-bond acceptors (Lipinski definition) is 5. The molecule has 0 aliphatic heterocycles. The van der Waals surface area contributed by atoms with Gasteiger partial charge in [-0.2, -0.15) is 19.9 Å². The van der Waals surface area contributed by atoms with Crippen LogP contribution < -0.4 is 10.9 Å². The van der Waals surface area contributed by atoms with Crippen molar-refractivity contribution in [3.8, 4) is 11.6 Å². The number of carbonyl (C=O) groups is 1. The van der Waals surface area contributed by atoms with Crippen LogP contribution in [0.25, 0.3) is 22.7 Å². The Balaban J connectivity index is 1.86. The fourth-order valence-corrected chi connectivity index (χ4v) is 2.92. The van der Waals surface area contributed by atoms with Crippen molar-refractivity contribution in [1.82, 2.24) is 29.5 Å². The van der Waals surface area contributed by atoms with Gasteiger partial charge < -0.3 is 5.32 Å². The minimum Gasteiger partial charge on any atom is -0.310 e. The van der Waals surface area contributed by atoms with Crippen LogP contribution >= 0.6 is 11.6 Å². The Morgan fingerprint density at radius 1 is 1.21 bits per heavy atom. The lowest BCUT2D eigenvalue weighted by molar-refractivity contribution is -0.118. The molecule has 29 heavy (non-hydrogen) atoms. The molecular weight excluding hydrogens is 394 g/mol. The maximum absolute atomic E-state index is 12.6. The van der Waals surface area contributed by atoms with Crippen LogP contribution in [0, 0.1) is 12.8 Å². The van der Waals surface area contributed by atoms with Gasteiger partial charge in [0.05, 0.1) is 17.6 Å². The highest BCUT2D eigenvalue weighted by Crippen LogP contribution is 2.19. The van der Waals surface area contributed by atoms with Gasteiger partial charge in [-0.3, -0.25) is 14.6 Å². The number of amides is 1. The first kappa shape index (κ1) is 18.9. The Hall–Kier alpha value is -3.46. The standard InChI is InChI=1S/C19H18ClN7O2/c1-10(2)17(28)22-15-8-11(3)25-27(15)19-23-16-14(18(29)24-19)9-21-26(16)13-6-4-12(20)5-7-13/h4-10H,1-3H3,(H,22,28)(H,23,24,29). The molecule has 0 atom stereocenters. The summed E-state index contributed by atoms with van der Waals surface area (Å²) in [7, 11) is 0. The molecule has 0 radical (unpaired) electrons. The van der Waals surface area contributed by atoms with Gasteiger partial charge >= 0.3 is 0 Å². The Morgan fingerprint density at radius 3 is 2.62 bits per heavy atom. The molecule has 1 amide bonds. The number of aryl methyl sites for hydroxylation is 1. The zero-order valence-corrected chi connectivity index (χ0v) is 16.7. The predicted molar refractivity (Wildman–Crippen MR) is 110 cm³/mol. The molecule has 0 unspecified atom stereocenters. The van der Waals surface area contributed by atoms with Crippen molar-refractivity contribution >= 4 is 34.4 Å². The van der Waals surface area contributed by atoms with E-state index in [0.717, 1.165) is 0 Å². The van der Waals surface area contributed by atoms with Gasteiger partial charge in [-0.25, -0.2) is 4.68 Å². The van der Waals surface area contributed by atoms with Gasteiger partial charge in [-0.15, -0.1) is 0 Å². The van der Waals surface area contributed by atoms with Gasteiger partial charge in [0.1, 0.15) is 11.2 Å². The molecule has 1 aromatic carbocycles. The SMILES string of the molecule is Cc1cc(NC(=O)C(C)C)n(-c2nc3c(cnn3-c3ccc(Cl)cc3)c(=O)[nH]2)n1. The van der Waals surface area contributed by atoms with E-state index in [1.807, 2.05) is 0 Å². The quantitative estimate of drug-likeness (QED) is 0.536. The van der Waals surface area contributed by atoms with Crippen LogP contribution in [0.15, 0.2) is 41.3 Å². The van der Waals surface area contributed by atoms with Crippen LogP contribution in [0.2, 0.25) is 5.02 Å². The third-order valence-corrected chi connectivity index (χ3v) is 4.56. The van der Waals surface area contributed by atoms with Crippen LogP contribution in [0.3, 0.4) is 0 Å². The summed E-state index contributed by atoms with van der Waals surface area (Å²) in [5.41, 5.74) is 1.37. The van der Waals surface area contributed by atoms with Crippen molar-refractivity contribution in [3.63, 3.8) is 0 Å². The number of anilines is 1.